The third-order valence-electron chi connectivity index (χ3n) is 2.14. The molecule has 1 rings (SSSR count). The highest BCUT2D eigenvalue weighted by Gasteiger charge is 2.22. The van der Waals surface area contributed by atoms with Crippen LogP contribution in [0.1, 0.15) is 6.92 Å². The summed E-state index contributed by atoms with van der Waals surface area (Å²) in [5, 5.41) is 8.78. The summed E-state index contributed by atoms with van der Waals surface area (Å²) in [6.07, 6.45) is 0. The molecule has 2 N–H and O–H groups in total. The minimum Gasteiger partial charge on any atom is -0.495 e. The molecule has 0 aromatic heterocycles. The molecule has 6 nitrogen and oxygen atoms in total. The van der Waals surface area contributed by atoms with Gasteiger partial charge in [0.05, 0.1) is 17.0 Å². The first-order valence-corrected chi connectivity index (χ1v) is 6.72. The summed E-state index contributed by atoms with van der Waals surface area (Å²) >= 11 is 5.80. The Morgan fingerprint density at radius 2 is 2.11 bits per heavy atom. The van der Waals surface area contributed by atoms with Crippen LogP contribution in [0.3, 0.4) is 0 Å². The Balaban J connectivity index is 3.06. The fraction of sp³-hybridized carbons (Fsp3) is 0.300. The van der Waals surface area contributed by atoms with Crippen molar-refractivity contribution in [3.8, 4) is 5.75 Å². The van der Waals surface area contributed by atoms with Crippen molar-refractivity contribution in [3.05, 3.63) is 23.2 Å². The van der Waals surface area contributed by atoms with Crippen LogP contribution < -0.4 is 9.46 Å². The molecule has 1 aromatic carbocycles. The van der Waals surface area contributed by atoms with Crippen molar-refractivity contribution < 1.29 is 23.1 Å². The van der Waals surface area contributed by atoms with E-state index in [0.717, 1.165) is 0 Å². The monoisotopic (exact) mass is 293 g/mol. The van der Waals surface area contributed by atoms with Gasteiger partial charge in [0.2, 0.25) is 10.0 Å². The lowest BCUT2D eigenvalue weighted by Crippen LogP contribution is -2.38. The third-order valence-corrected chi connectivity index (χ3v) is 3.97. The van der Waals surface area contributed by atoms with E-state index in [0.29, 0.717) is 5.75 Å². The molecule has 8 heteroatoms. The van der Waals surface area contributed by atoms with E-state index in [1.165, 1.54) is 32.2 Å². The first-order valence-electron chi connectivity index (χ1n) is 4.86. The average Bonchev–Trinajstić information content (AvgIpc) is 2.28. The second-order valence-corrected chi connectivity index (χ2v) is 5.60. The predicted octanol–water partition coefficient (Wildman–Crippen LogP) is 1.10. The van der Waals surface area contributed by atoms with Crippen molar-refractivity contribution in [1.82, 2.24) is 4.72 Å². The van der Waals surface area contributed by atoms with Gasteiger partial charge in [0.15, 0.2) is 0 Å². The highest BCUT2D eigenvalue weighted by Crippen LogP contribution is 2.26. The number of rotatable bonds is 5. The van der Waals surface area contributed by atoms with Gasteiger partial charge in [-0.25, -0.2) is 8.42 Å². The summed E-state index contributed by atoms with van der Waals surface area (Å²) in [5.41, 5.74) is 0. The van der Waals surface area contributed by atoms with Gasteiger partial charge in [0.1, 0.15) is 11.8 Å². The lowest BCUT2D eigenvalue weighted by molar-refractivity contribution is -0.138. The summed E-state index contributed by atoms with van der Waals surface area (Å²) in [6.45, 7) is 1.23. The van der Waals surface area contributed by atoms with E-state index >= 15 is 0 Å². The minimum atomic E-state index is -3.92. The minimum absolute atomic E-state index is 0.124. The van der Waals surface area contributed by atoms with Crippen molar-refractivity contribution in [1.29, 1.82) is 0 Å². The van der Waals surface area contributed by atoms with E-state index in [2.05, 4.69) is 0 Å². The van der Waals surface area contributed by atoms with Gasteiger partial charge in [-0.05, 0) is 25.1 Å². The molecule has 0 radical (unpaired) electrons. The molecular formula is C10H12ClNO5S. The molecule has 0 spiro atoms. The average molecular weight is 294 g/mol. The lowest BCUT2D eigenvalue weighted by Gasteiger charge is -2.11. The van der Waals surface area contributed by atoms with Gasteiger partial charge in [-0.15, -0.1) is 0 Å². The Kier molecular flexibility index (Phi) is 4.55. The molecule has 0 saturated carbocycles. The predicted molar refractivity (Wildman–Crippen MR) is 65.4 cm³/mol. The Morgan fingerprint density at radius 1 is 1.50 bits per heavy atom. The molecule has 0 aliphatic carbocycles. The van der Waals surface area contributed by atoms with Crippen LogP contribution in [0, 0.1) is 0 Å². The number of sulfonamides is 1. The number of hydrogen-bond acceptors (Lipinski definition) is 4. The van der Waals surface area contributed by atoms with Crippen LogP contribution in [0.15, 0.2) is 23.1 Å². The smallest absolute Gasteiger partial charge is 0.321 e. The number of aliphatic carboxylic acids is 1. The molecule has 0 saturated heterocycles. The van der Waals surface area contributed by atoms with Crippen molar-refractivity contribution in [2.75, 3.05) is 7.11 Å². The summed E-state index contributed by atoms with van der Waals surface area (Å²) in [6, 6.07) is 2.64. The number of carboxylic acid groups (broad SMARTS) is 1. The second-order valence-electron chi connectivity index (χ2n) is 3.48. The highest BCUT2D eigenvalue weighted by molar-refractivity contribution is 7.89. The highest BCUT2D eigenvalue weighted by atomic mass is 35.5. The SMILES string of the molecule is COc1ccc(S(=O)(=O)N[C@H](C)C(=O)O)cc1Cl. The van der Waals surface area contributed by atoms with E-state index in [9.17, 15) is 13.2 Å². The van der Waals surface area contributed by atoms with Crippen LogP contribution in [-0.2, 0) is 14.8 Å². The zero-order valence-corrected chi connectivity index (χ0v) is 11.2. The standard InChI is InChI=1S/C10H12ClNO5S/c1-6(10(13)14)12-18(15,16)7-3-4-9(17-2)8(11)5-7/h3-6,12H,1-2H3,(H,13,14)/t6-/m1/s1. The fourth-order valence-electron chi connectivity index (χ4n) is 1.17. The van der Waals surface area contributed by atoms with E-state index < -0.39 is 22.0 Å². The first-order chi connectivity index (χ1) is 8.27. The van der Waals surface area contributed by atoms with Crippen molar-refractivity contribution in [2.24, 2.45) is 0 Å². The van der Waals surface area contributed by atoms with E-state index in [-0.39, 0.29) is 9.92 Å². The molecule has 1 atom stereocenters. The fourth-order valence-corrected chi connectivity index (χ4v) is 2.71. The van der Waals surface area contributed by atoms with Gasteiger partial charge >= 0.3 is 5.97 Å². The Labute approximate surface area is 110 Å². The molecule has 0 unspecified atom stereocenters. The largest absolute Gasteiger partial charge is 0.495 e. The third kappa shape index (κ3) is 3.34. The molecule has 0 heterocycles. The molecule has 0 bridgehead atoms. The van der Waals surface area contributed by atoms with Crippen LogP contribution in [0.5, 0.6) is 5.75 Å². The number of halogens is 1. The quantitative estimate of drug-likeness (QED) is 0.848. The molecule has 0 amide bonds. The molecule has 100 valence electrons. The number of nitrogens with one attached hydrogen (secondary N) is 1. The van der Waals surface area contributed by atoms with Crippen LogP contribution in [0.2, 0.25) is 5.02 Å². The zero-order valence-electron chi connectivity index (χ0n) is 9.68. The van der Waals surface area contributed by atoms with Gasteiger partial charge < -0.3 is 9.84 Å². The topological polar surface area (TPSA) is 92.7 Å². The zero-order chi connectivity index (χ0) is 13.9. The normalized spacial score (nSPS) is 13.1. The molecular weight excluding hydrogens is 282 g/mol. The number of ether oxygens (including phenoxy) is 1. The summed E-state index contributed by atoms with van der Waals surface area (Å²) in [5.74, 6) is -0.930. The van der Waals surface area contributed by atoms with Gasteiger partial charge in [0, 0.05) is 0 Å². The maximum absolute atomic E-state index is 11.8. The first kappa shape index (κ1) is 14.7. The van der Waals surface area contributed by atoms with Crippen LogP contribution in [-0.4, -0.2) is 32.6 Å². The van der Waals surface area contributed by atoms with E-state index in [4.69, 9.17) is 21.4 Å². The van der Waals surface area contributed by atoms with Gasteiger partial charge in [-0.3, -0.25) is 4.79 Å². The Morgan fingerprint density at radius 3 is 2.56 bits per heavy atom. The van der Waals surface area contributed by atoms with Crippen LogP contribution >= 0.6 is 11.6 Å². The van der Waals surface area contributed by atoms with Gasteiger partial charge in [0.25, 0.3) is 0 Å². The van der Waals surface area contributed by atoms with E-state index in [1.54, 1.807) is 0 Å². The molecule has 0 aliphatic rings. The van der Waals surface area contributed by atoms with Crippen LogP contribution in [0.4, 0.5) is 0 Å². The number of carboxylic acids is 1. The molecule has 1 aromatic rings. The van der Waals surface area contributed by atoms with Crippen molar-refractivity contribution in [3.63, 3.8) is 0 Å². The summed E-state index contributed by atoms with van der Waals surface area (Å²) < 4.78 is 30.6. The maximum Gasteiger partial charge on any atom is 0.321 e. The van der Waals surface area contributed by atoms with Gasteiger partial charge in [-0.1, -0.05) is 11.6 Å². The van der Waals surface area contributed by atoms with Crippen LogP contribution in [0.25, 0.3) is 0 Å². The van der Waals surface area contributed by atoms with Crippen molar-refractivity contribution >= 4 is 27.6 Å². The molecule has 0 aliphatic heterocycles. The summed E-state index contributed by atoms with van der Waals surface area (Å²) in [7, 11) is -2.52. The number of benzene rings is 1. The number of carbonyl (C=O) groups is 1. The number of hydrogen-bond donors (Lipinski definition) is 2. The molecule has 18 heavy (non-hydrogen) atoms. The Hall–Kier alpha value is -1.31. The van der Waals surface area contributed by atoms with Gasteiger partial charge in [-0.2, -0.15) is 4.72 Å². The number of methoxy groups -OCH3 is 1. The summed E-state index contributed by atoms with van der Waals surface area (Å²) in [4.78, 5) is 10.5. The second kappa shape index (κ2) is 5.55. The molecule has 0 fully saturated rings. The maximum atomic E-state index is 11.8. The van der Waals surface area contributed by atoms with E-state index in [1.807, 2.05) is 4.72 Å². The van der Waals surface area contributed by atoms with Crippen molar-refractivity contribution in [2.45, 2.75) is 17.9 Å². The Bertz CT molecular complexity index is 557. The lowest BCUT2D eigenvalue weighted by atomic mass is 10.3.